The largest absolute Gasteiger partial charge is 0.312 e. The maximum absolute atomic E-state index is 4.98. The molecule has 3 nitrogen and oxygen atoms in total. The Hall–Kier alpha value is -0.120. The lowest BCUT2D eigenvalue weighted by atomic mass is 10.3. The molecule has 0 spiro atoms. The molecule has 0 bridgehead atoms. The van der Waals surface area contributed by atoms with E-state index in [0.717, 1.165) is 26.1 Å². The van der Waals surface area contributed by atoms with Crippen LogP contribution in [0.15, 0.2) is 0 Å². The van der Waals surface area contributed by atoms with Gasteiger partial charge in [-0.1, -0.05) is 39.5 Å². The van der Waals surface area contributed by atoms with E-state index in [1.165, 1.54) is 25.7 Å². The SMILES string of the molecule is CCCCCOOCCCCC.CN(C)C. The zero-order chi connectivity index (χ0) is 12.6. The van der Waals surface area contributed by atoms with Gasteiger partial charge in [-0.05, 0) is 34.0 Å². The molecule has 0 aromatic heterocycles. The molecule has 0 saturated heterocycles. The van der Waals surface area contributed by atoms with Crippen LogP contribution in [-0.4, -0.2) is 39.3 Å². The summed E-state index contributed by atoms with van der Waals surface area (Å²) in [5, 5.41) is 0. The van der Waals surface area contributed by atoms with Crippen LogP contribution in [0.3, 0.4) is 0 Å². The second-order valence-corrected chi connectivity index (χ2v) is 4.40. The van der Waals surface area contributed by atoms with Gasteiger partial charge in [0.15, 0.2) is 0 Å². The first-order valence-electron chi connectivity index (χ1n) is 6.50. The Morgan fingerprint density at radius 2 is 1.00 bits per heavy atom. The molecule has 0 amide bonds. The number of unbranched alkanes of at least 4 members (excludes halogenated alkanes) is 4. The van der Waals surface area contributed by atoms with Crippen molar-refractivity contribution in [1.29, 1.82) is 0 Å². The Kier molecular flexibility index (Phi) is 19.7. The van der Waals surface area contributed by atoms with Crippen LogP contribution >= 0.6 is 0 Å². The van der Waals surface area contributed by atoms with Crippen molar-refractivity contribution >= 4 is 0 Å². The average Bonchev–Trinajstić information content (AvgIpc) is 2.21. The summed E-state index contributed by atoms with van der Waals surface area (Å²) in [6.07, 6.45) is 7.17. The minimum atomic E-state index is 0.750. The van der Waals surface area contributed by atoms with E-state index in [2.05, 4.69) is 13.8 Å². The van der Waals surface area contributed by atoms with Gasteiger partial charge in [-0.25, -0.2) is 9.78 Å². The van der Waals surface area contributed by atoms with E-state index in [4.69, 9.17) is 9.78 Å². The Bertz CT molecular complexity index is 95.4. The highest BCUT2D eigenvalue weighted by molar-refractivity contribution is 4.34. The van der Waals surface area contributed by atoms with E-state index in [1.54, 1.807) is 0 Å². The van der Waals surface area contributed by atoms with Crippen molar-refractivity contribution in [3.63, 3.8) is 0 Å². The van der Waals surface area contributed by atoms with E-state index < -0.39 is 0 Å². The molecule has 0 aliphatic rings. The van der Waals surface area contributed by atoms with Crippen LogP contribution in [-0.2, 0) is 9.78 Å². The third-order valence-corrected chi connectivity index (χ3v) is 1.75. The van der Waals surface area contributed by atoms with Gasteiger partial charge < -0.3 is 4.90 Å². The Morgan fingerprint density at radius 3 is 1.25 bits per heavy atom. The van der Waals surface area contributed by atoms with E-state index >= 15 is 0 Å². The molecule has 0 aliphatic carbocycles. The molecule has 0 fully saturated rings. The fourth-order valence-corrected chi connectivity index (χ4v) is 0.940. The van der Waals surface area contributed by atoms with E-state index in [1.807, 2.05) is 26.0 Å². The van der Waals surface area contributed by atoms with Crippen LogP contribution in [0.2, 0.25) is 0 Å². The lowest BCUT2D eigenvalue weighted by Gasteiger charge is -2.02. The van der Waals surface area contributed by atoms with Crippen molar-refractivity contribution in [3.05, 3.63) is 0 Å². The smallest absolute Gasteiger partial charge is 0.0822 e. The quantitative estimate of drug-likeness (QED) is 0.346. The van der Waals surface area contributed by atoms with E-state index in [0.29, 0.717) is 0 Å². The molecule has 0 aromatic carbocycles. The first-order chi connectivity index (χ1) is 7.65. The second kappa shape index (κ2) is 17.3. The van der Waals surface area contributed by atoms with Crippen molar-refractivity contribution in [2.75, 3.05) is 34.4 Å². The normalized spacial score (nSPS) is 10.1. The molecule has 0 N–H and O–H groups in total. The molecular weight excluding hydrogens is 202 g/mol. The van der Waals surface area contributed by atoms with Gasteiger partial charge in [0.2, 0.25) is 0 Å². The Labute approximate surface area is 102 Å². The van der Waals surface area contributed by atoms with Crippen LogP contribution in [0.4, 0.5) is 0 Å². The van der Waals surface area contributed by atoms with Gasteiger partial charge in [0.05, 0.1) is 13.2 Å². The van der Waals surface area contributed by atoms with Crippen molar-refractivity contribution in [3.8, 4) is 0 Å². The third kappa shape index (κ3) is 29.2. The first kappa shape index (κ1) is 18.3. The minimum Gasteiger partial charge on any atom is -0.312 e. The maximum atomic E-state index is 4.98. The summed E-state index contributed by atoms with van der Waals surface area (Å²) in [5.41, 5.74) is 0. The number of hydrogen-bond acceptors (Lipinski definition) is 3. The summed E-state index contributed by atoms with van der Waals surface area (Å²) in [4.78, 5) is 12.0. The average molecular weight is 233 g/mol. The number of hydrogen-bond donors (Lipinski definition) is 0. The van der Waals surface area contributed by atoms with Crippen molar-refractivity contribution in [2.45, 2.75) is 52.4 Å². The zero-order valence-corrected chi connectivity index (χ0v) is 11.9. The summed E-state index contributed by atoms with van der Waals surface area (Å²) in [6.45, 7) is 5.87. The molecule has 3 heteroatoms. The van der Waals surface area contributed by atoms with Crippen LogP contribution in [0.5, 0.6) is 0 Å². The van der Waals surface area contributed by atoms with E-state index in [-0.39, 0.29) is 0 Å². The van der Waals surface area contributed by atoms with Gasteiger partial charge >= 0.3 is 0 Å². The summed E-state index contributed by atoms with van der Waals surface area (Å²) in [7, 11) is 6.00. The highest BCUT2D eigenvalue weighted by Gasteiger charge is 1.89. The fourth-order valence-electron chi connectivity index (χ4n) is 0.940. The molecule has 16 heavy (non-hydrogen) atoms. The molecule has 0 rings (SSSR count). The number of nitrogens with zero attached hydrogens (tertiary/aromatic N) is 1. The third-order valence-electron chi connectivity index (χ3n) is 1.75. The summed E-state index contributed by atoms with van der Waals surface area (Å²) < 4.78 is 0. The molecule has 0 aliphatic heterocycles. The van der Waals surface area contributed by atoms with Gasteiger partial charge in [-0.3, -0.25) is 0 Å². The standard InChI is InChI=1S/C10H22O2.C3H9N/c1-3-5-7-9-11-12-10-8-6-4-2;1-4(2)3/h3-10H2,1-2H3;1-3H3. The molecule has 0 heterocycles. The number of rotatable bonds is 9. The van der Waals surface area contributed by atoms with Gasteiger partial charge in [-0.2, -0.15) is 0 Å². The molecule has 100 valence electrons. The zero-order valence-electron chi connectivity index (χ0n) is 11.9. The summed E-state index contributed by atoms with van der Waals surface area (Å²) in [6, 6.07) is 0. The van der Waals surface area contributed by atoms with Gasteiger partial charge in [0.25, 0.3) is 0 Å². The van der Waals surface area contributed by atoms with Crippen molar-refractivity contribution in [2.24, 2.45) is 0 Å². The van der Waals surface area contributed by atoms with Crippen LogP contribution in [0, 0.1) is 0 Å². The van der Waals surface area contributed by atoms with Crippen molar-refractivity contribution in [1.82, 2.24) is 4.90 Å². The molecule has 0 atom stereocenters. The monoisotopic (exact) mass is 233 g/mol. The van der Waals surface area contributed by atoms with Gasteiger partial charge in [-0.15, -0.1) is 0 Å². The van der Waals surface area contributed by atoms with Crippen LogP contribution in [0.1, 0.15) is 52.4 Å². The Balaban J connectivity index is 0. The highest BCUT2D eigenvalue weighted by Crippen LogP contribution is 1.97. The topological polar surface area (TPSA) is 21.7 Å². The Morgan fingerprint density at radius 1 is 0.688 bits per heavy atom. The fraction of sp³-hybridized carbons (Fsp3) is 1.00. The maximum Gasteiger partial charge on any atom is 0.0822 e. The molecule has 0 aromatic rings. The van der Waals surface area contributed by atoms with Gasteiger partial charge in [0, 0.05) is 0 Å². The van der Waals surface area contributed by atoms with Crippen LogP contribution in [0.25, 0.3) is 0 Å². The molecular formula is C13H31NO2. The highest BCUT2D eigenvalue weighted by atomic mass is 17.2. The predicted molar refractivity (Wildman–Crippen MR) is 70.6 cm³/mol. The second-order valence-electron chi connectivity index (χ2n) is 4.40. The molecule has 0 radical (unpaired) electrons. The lowest BCUT2D eigenvalue weighted by molar-refractivity contribution is -0.295. The van der Waals surface area contributed by atoms with Crippen LogP contribution < -0.4 is 0 Å². The summed E-state index contributed by atoms with van der Waals surface area (Å²) >= 11 is 0. The van der Waals surface area contributed by atoms with Crippen molar-refractivity contribution < 1.29 is 9.78 Å². The lowest BCUT2D eigenvalue weighted by Crippen LogP contribution is -1.99. The molecule has 0 saturated carbocycles. The van der Waals surface area contributed by atoms with E-state index in [9.17, 15) is 0 Å². The summed E-state index contributed by atoms with van der Waals surface area (Å²) in [5.74, 6) is 0. The minimum absolute atomic E-state index is 0.750. The van der Waals surface area contributed by atoms with Gasteiger partial charge in [0.1, 0.15) is 0 Å². The first-order valence-corrected chi connectivity index (χ1v) is 6.50. The molecule has 0 unspecified atom stereocenters. The predicted octanol–water partition coefficient (Wildman–Crippen LogP) is 3.49.